The summed E-state index contributed by atoms with van der Waals surface area (Å²) in [5.74, 6) is -0.173. The zero-order chi connectivity index (χ0) is 27.2. The summed E-state index contributed by atoms with van der Waals surface area (Å²) in [5.41, 5.74) is 3.77. The second-order valence-electron chi connectivity index (χ2n) is 10.4. The van der Waals surface area contributed by atoms with Crippen LogP contribution in [-0.2, 0) is 20.7 Å². The van der Waals surface area contributed by atoms with Crippen molar-refractivity contribution in [1.29, 1.82) is 0 Å². The van der Waals surface area contributed by atoms with Crippen LogP contribution in [-0.4, -0.2) is 49.3 Å². The summed E-state index contributed by atoms with van der Waals surface area (Å²) in [7, 11) is 2.23. The molecule has 1 amide bonds. The number of ether oxygens (including phenoxy) is 2. The van der Waals surface area contributed by atoms with Crippen molar-refractivity contribution in [1.82, 2.24) is 4.90 Å². The number of aryl methyl sites for hydroxylation is 1. The molecule has 6 heteroatoms. The zero-order valence-electron chi connectivity index (χ0n) is 23.5. The molecule has 0 radical (unpaired) electrons. The maximum atomic E-state index is 13.0. The number of hydrogen-bond acceptors (Lipinski definition) is 5. The number of carbonyl (C=O) groups is 2. The monoisotopic (exact) mass is 522 g/mol. The molecule has 0 aromatic heterocycles. The predicted octanol–water partition coefficient (Wildman–Crippen LogP) is 7.61. The van der Waals surface area contributed by atoms with Gasteiger partial charge in [0, 0.05) is 18.0 Å². The Labute approximate surface area is 229 Å². The Kier molecular flexibility index (Phi) is 12.6. The maximum Gasteiger partial charge on any atom is 0.411 e. The number of rotatable bonds is 14. The number of amides is 1. The Balaban J connectivity index is 1.56. The molecular formula is C32H46N2O4. The lowest BCUT2D eigenvalue weighted by molar-refractivity contribution is -0.143. The third kappa shape index (κ3) is 9.79. The smallest absolute Gasteiger partial charge is 0.411 e. The first-order valence-electron chi connectivity index (χ1n) is 14.5. The highest BCUT2D eigenvalue weighted by Gasteiger charge is 2.26. The van der Waals surface area contributed by atoms with Gasteiger partial charge in [-0.3, -0.25) is 10.1 Å². The minimum atomic E-state index is -0.401. The van der Waals surface area contributed by atoms with Gasteiger partial charge in [0.1, 0.15) is 6.10 Å². The van der Waals surface area contributed by atoms with Gasteiger partial charge >= 0.3 is 12.1 Å². The molecule has 1 saturated carbocycles. The largest absolute Gasteiger partial charge is 0.466 e. The van der Waals surface area contributed by atoms with Gasteiger partial charge in [-0.25, -0.2) is 4.79 Å². The molecule has 1 fully saturated rings. The number of unbranched alkanes of at least 4 members (excludes halogenated alkanes) is 3. The van der Waals surface area contributed by atoms with E-state index >= 15 is 0 Å². The Morgan fingerprint density at radius 1 is 0.947 bits per heavy atom. The number of nitrogens with zero attached hydrogens (tertiary/aromatic N) is 1. The minimum Gasteiger partial charge on any atom is -0.466 e. The molecule has 208 valence electrons. The Morgan fingerprint density at radius 3 is 2.42 bits per heavy atom. The summed E-state index contributed by atoms with van der Waals surface area (Å²) < 4.78 is 10.9. The molecule has 0 atom stereocenters. The van der Waals surface area contributed by atoms with Gasteiger partial charge in [-0.1, -0.05) is 68.7 Å². The molecule has 1 aliphatic rings. The Hall–Kier alpha value is -2.86. The second-order valence-corrected chi connectivity index (χ2v) is 10.4. The number of benzene rings is 2. The zero-order valence-corrected chi connectivity index (χ0v) is 23.5. The summed E-state index contributed by atoms with van der Waals surface area (Å²) in [6.07, 6.45) is 10.4. The molecule has 6 nitrogen and oxygen atoms in total. The molecule has 0 aliphatic heterocycles. The van der Waals surface area contributed by atoms with E-state index in [1.54, 1.807) is 0 Å². The first kappa shape index (κ1) is 29.7. The van der Waals surface area contributed by atoms with E-state index in [4.69, 9.17) is 9.47 Å². The SMILES string of the molecule is CCCCCCN(C)[C@H]1CC[C@H](OC(=O)Nc2cc(CCCC(=O)OCC)ccc2-c2ccccc2)CC1. The fraction of sp³-hybridized carbons (Fsp3) is 0.562. The minimum absolute atomic E-state index is 0.0484. The standard InChI is InChI=1S/C32H46N2O4/c1-4-6-7-11-23-34(3)27-18-20-28(21-19-27)38-32(36)33-30-24-25(13-12-16-31(35)37-5-2)17-22-29(30)26-14-9-8-10-15-26/h8-10,14-15,17,22,24,27-28H,4-7,11-13,16,18-21,23H2,1-3H3,(H,33,36)/t27-,28-. The predicted molar refractivity (Wildman–Crippen MR) is 154 cm³/mol. The molecule has 2 aromatic carbocycles. The lowest BCUT2D eigenvalue weighted by Crippen LogP contribution is -2.38. The van der Waals surface area contributed by atoms with Gasteiger partial charge in [-0.05, 0) is 82.7 Å². The van der Waals surface area contributed by atoms with Crippen molar-refractivity contribution in [2.24, 2.45) is 0 Å². The van der Waals surface area contributed by atoms with Crippen LogP contribution in [0, 0.1) is 0 Å². The van der Waals surface area contributed by atoms with Crippen molar-refractivity contribution in [3.63, 3.8) is 0 Å². The molecule has 0 saturated heterocycles. The molecule has 0 unspecified atom stereocenters. The van der Waals surface area contributed by atoms with Gasteiger partial charge in [-0.2, -0.15) is 0 Å². The number of nitrogens with one attached hydrogen (secondary N) is 1. The van der Waals surface area contributed by atoms with Crippen LogP contribution in [0.25, 0.3) is 11.1 Å². The van der Waals surface area contributed by atoms with Gasteiger partial charge in [0.2, 0.25) is 0 Å². The first-order chi connectivity index (χ1) is 18.5. The molecule has 0 bridgehead atoms. The van der Waals surface area contributed by atoms with E-state index in [1.807, 2.05) is 49.4 Å². The van der Waals surface area contributed by atoms with Crippen molar-refractivity contribution in [3.05, 3.63) is 54.1 Å². The van der Waals surface area contributed by atoms with E-state index in [2.05, 4.69) is 30.3 Å². The van der Waals surface area contributed by atoms with Crippen molar-refractivity contribution in [2.45, 2.75) is 96.6 Å². The summed E-state index contributed by atoms with van der Waals surface area (Å²) in [5, 5.41) is 3.03. The number of esters is 1. The van der Waals surface area contributed by atoms with Gasteiger partial charge in [-0.15, -0.1) is 0 Å². The fourth-order valence-electron chi connectivity index (χ4n) is 5.25. The van der Waals surface area contributed by atoms with E-state index in [-0.39, 0.29) is 12.1 Å². The van der Waals surface area contributed by atoms with Gasteiger partial charge in [0.15, 0.2) is 0 Å². The highest BCUT2D eigenvalue weighted by Crippen LogP contribution is 2.31. The van der Waals surface area contributed by atoms with E-state index in [9.17, 15) is 9.59 Å². The van der Waals surface area contributed by atoms with Crippen molar-refractivity contribution in [3.8, 4) is 11.1 Å². The quantitative estimate of drug-likeness (QED) is 0.204. The second kappa shape index (κ2) is 16.2. The van der Waals surface area contributed by atoms with E-state index in [1.165, 1.54) is 25.7 Å². The van der Waals surface area contributed by atoms with Crippen LogP contribution < -0.4 is 5.32 Å². The molecule has 1 aliphatic carbocycles. The number of anilines is 1. The van der Waals surface area contributed by atoms with Crippen LogP contribution in [0.15, 0.2) is 48.5 Å². The molecule has 0 heterocycles. The summed E-state index contributed by atoms with van der Waals surface area (Å²) in [4.78, 5) is 27.2. The average Bonchev–Trinajstić information content (AvgIpc) is 2.92. The normalized spacial score (nSPS) is 17.3. The highest BCUT2D eigenvalue weighted by molar-refractivity contribution is 5.91. The number of hydrogen-bond donors (Lipinski definition) is 1. The molecule has 3 rings (SSSR count). The van der Waals surface area contributed by atoms with Crippen LogP contribution in [0.1, 0.15) is 83.6 Å². The Bertz CT molecular complexity index is 986. The number of carbonyl (C=O) groups excluding carboxylic acids is 2. The Morgan fingerprint density at radius 2 is 1.71 bits per heavy atom. The lowest BCUT2D eigenvalue weighted by Gasteiger charge is -2.34. The summed E-state index contributed by atoms with van der Waals surface area (Å²) in [6, 6.07) is 16.7. The van der Waals surface area contributed by atoms with Crippen molar-refractivity contribution in [2.75, 3.05) is 25.5 Å². The fourth-order valence-corrected chi connectivity index (χ4v) is 5.25. The van der Waals surface area contributed by atoms with E-state index < -0.39 is 6.09 Å². The van der Waals surface area contributed by atoms with Gasteiger partial charge in [0.25, 0.3) is 0 Å². The molecule has 2 aromatic rings. The maximum absolute atomic E-state index is 13.0. The van der Waals surface area contributed by atoms with Crippen LogP contribution in [0.3, 0.4) is 0 Å². The molecular weight excluding hydrogens is 476 g/mol. The highest BCUT2D eigenvalue weighted by atomic mass is 16.6. The lowest BCUT2D eigenvalue weighted by atomic mass is 9.92. The van der Waals surface area contributed by atoms with Crippen LogP contribution in [0.4, 0.5) is 10.5 Å². The average molecular weight is 523 g/mol. The van der Waals surface area contributed by atoms with Crippen molar-refractivity contribution >= 4 is 17.7 Å². The third-order valence-electron chi connectivity index (χ3n) is 7.46. The molecule has 0 spiro atoms. The topological polar surface area (TPSA) is 67.9 Å². The third-order valence-corrected chi connectivity index (χ3v) is 7.46. The summed E-state index contributed by atoms with van der Waals surface area (Å²) in [6.45, 7) is 5.61. The van der Waals surface area contributed by atoms with Crippen LogP contribution >= 0.6 is 0 Å². The van der Waals surface area contributed by atoms with Gasteiger partial charge in [0.05, 0.1) is 12.3 Å². The van der Waals surface area contributed by atoms with Gasteiger partial charge < -0.3 is 14.4 Å². The van der Waals surface area contributed by atoms with E-state index in [0.29, 0.717) is 25.5 Å². The molecule has 1 N–H and O–H groups in total. The summed E-state index contributed by atoms with van der Waals surface area (Å²) >= 11 is 0. The van der Waals surface area contributed by atoms with Crippen LogP contribution in [0.5, 0.6) is 0 Å². The van der Waals surface area contributed by atoms with E-state index in [0.717, 1.165) is 61.0 Å². The molecule has 38 heavy (non-hydrogen) atoms. The van der Waals surface area contributed by atoms with Crippen LogP contribution in [0.2, 0.25) is 0 Å². The first-order valence-corrected chi connectivity index (χ1v) is 14.5. The van der Waals surface area contributed by atoms with Crippen molar-refractivity contribution < 1.29 is 19.1 Å².